The number of benzene rings is 8. The van der Waals surface area contributed by atoms with Gasteiger partial charge in [0.15, 0.2) is 5.58 Å². The van der Waals surface area contributed by atoms with Crippen molar-refractivity contribution >= 4 is 82.9 Å². The number of hydrogen-bond acceptors (Lipinski definition) is 4. The summed E-state index contributed by atoms with van der Waals surface area (Å²) in [4.78, 5) is 2.38. The normalized spacial score (nSPS) is 13.4. The van der Waals surface area contributed by atoms with Crippen LogP contribution in [0.2, 0.25) is 0 Å². The molecule has 0 atom stereocenters. The van der Waals surface area contributed by atoms with Crippen LogP contribution in [-0.2, 0) is 5.41 Å². The number of nitrogens with zero attached hydrogens (tertiary/aromatic N) is 1. The molecule has 12 rings (SSSR count). The van der Waals surface area contributed by atoms with E-state index in [2.05, 4.69) is 146 Å². The predicted molar refractivity (Wildman–Crippen MR) is 226 cm³/mol. The van der Waals surface area contributed by atoms with E-state index >= 15 is 0 Å². The van der Waals surface area contributed by atoms with Crippen LogP contribution in [0.3, 0.4) is 0 Å². The van der Waals surface area contributed by atoms with Crippen LogP contribution in [0.15, 0.2) is 177 Å². The maximum Gasteiger partial charge on any atom is 0.160 e. The Morgan fingerprint density at radius 3 is 1.85 bits per heavy atom. The molecule has 0 radical (unpaired) electrons. The highest BCUT2D eigenvalue weighted by molar-refractivity contribution is 6.28. The van der Waals surface area contributed by atoms with Gasteiger partial charge in [0.25, 0.3) is 0 Å². The van der Waals surface area contributed by atoms with Gasteiger partial charge in [-0.25, -0.2) is 0 Å². The monoisotopic (exact) mass is 707 g/mol. The fourth-order valence-electron chi connectivity index (χ4n) is 9.35. The largest absolute Gasteiger partial charge is 0.456 e. The molecule has 1 aliphatic carbocycles. The average Bonchev–Trinajstić information content (AvgIpc) is 3.97. The third-order valence-electron chi connectivity index (χ3n) is 11.9. The van der Waals surface area contributed by atoms with Crippen molar-refractivity contribution in [1.82, 2.24) is 0 Å². The second kappa shape index (κ2) is 11.0. The van der Waals surface area contributed by atoms with E-state index in [9.17, 15) is 0 Å². The van der Waals surface area contributed by atoms with Crippen LogP contribution < -0.4 is 4.90 Å². The van der Waals surface area contributed by atoms with Gasteiger partial charge in [0.2, 0.25) is 0 Å². The molecule has 0 bridgehead atoms. The van der Waals surface area contributed by atoms with E-state index in [1.165, 1.54) is 22.3 Å². The molecular formula is C51H33NO3. The molecule has 1 aliphatic rings. The lowest BCUT2D eigenvalue weighted by molar-refractivity contribution is 0.660. The van der Waals surface area contributed by atoms with Crippen LogP contribution in [0, 0.1) is 0 Å². The van der Waals surface area contributed by atoms with Gasteiger partial charge in [-0.3, -0.25) is 0 Å². The molecule has 0 fully saturated rings. The van der Waals surface area contributed by atoms with Crippen LogP contribution in [0.25, 0.3) is 88.1 Å². The average molecular weight is 708 g/mol. The zero-order valence-corrected chi connectivity index (χ0v) is 30.3. The van der Waals surface area contributed by atoms with Crippen LogP contribution in [0.1, 0.15) is 25.0 Å². The highest BCUT2D eigenvalue weighted by Crippen LogP contribution is 2.54. The van der Waals surface area contributed by atoms with E-state index in [0.717, 1.165) is 94.0 Å². The van der Waals surface area contributed by atoms with E-state index in [1.807, 2.05) is 36.4 Å². The van der Waals surface area contributed by atoms with Gasteiger partial charge >= 0.3 is 0 Å². The zero-order valence-electron chi connectivity index (χ0n) is 30.3. The molecule has 0 aliphatic heterocycles. The summed E-state index contributed by atoms with van der Waals surface area (Å²) in [7, 11) is 0. The highest BCUT2D eigenvalue weighted by atomic mass is 16.3. The van der Waals surface area contributed by atoms with Crippen LogP contribution in [-0.4, -0.2) is 0 Å². The molecule has 0 saturated heterocycles. The minimum Gasteiger partial charge on any atom is -0.456 e. The Morgan fingerprint density at radius 2 is 1.00 bits per heavy atom. The van der Waals surface area contributed by atoms with Gasteiger partial charge in [-0.15, -0.1) is 0 Å². The van der Waals surface area contributed by atoms with E-state index in [-0.39, 0.29) is 5.41 Å². The minimum atomic E-state index is -0.174. The molecular weight excluding hydrogens is 675 g/mol. The number of hydrogen-bond donors (Lipinski definition) is 0. The number of para-hydroxylation sites is 4. The first kappa shape index (κ1) is 30.4. The van der Waals surface area contributed by atoms with E-state index < -0.39 is 0 Å². The van der Waals surface area contributed by atoms with Crippen molar-refractivity contribution in [3.05, 3.63) is 175 Å². The zero-order chi connectivity index (χ0) is 36.4. The van der Waals surface area contributed by atoms with Gasteiger partial charge in [0.05, 0.1) is 5.69 Å². The predicted octanol–water partition coefficient (Wildman–Crippen LogP) is 14.8. The molecule has 4 heteroatoms. The van der Waals surface area contributed by atoms with E-state index in [4.69, 9.17) is 13.3 Å². The summed E-state index contributed by atoms with van der Waals surface area (Å²) in [5.41, 5.74) is 15.1. The maximum absolute atomic E-state index is 7.14. The van der Waals surface area contributed by atoms with Gasteiger partial charge < -0.3 is 18.2 Å². The Labute approximate surface area is 316 Å². The van der Waals surface area contributed by atoms with Crippen molar-refractivity contribution in [2.24, 2.45) is 0 Å². The summed E-state index contributed by atoms with van der Waals surface area (Å²) in [5.74, 6) is 0. The van der Waals surface area contributed by atoms with Gasteiger partial charge in [-0.2, -0.15) is 0 Å². The SMILES string of the molecule is CC1(C)c2ccccc2-c2ccc(N(c3ccccc3)c3c(-c4cccc5c4oc4ccccc45)ccc4c3oc3ccc5oc6ccccc6c5c34)cc21. The summed E-state index contributed by atoms with van der Waals surface area (Å²) >= 11 is 0. The second-order valence-electron chi connectivity index (χ2n) is 15.2. The first-order chi connectivity index (χ1) is 27.0. The smallest absolute Gasteiger partial charge is 0.160 e. The van der Waals surface area contributed by atoms with Crippen molar-refractivity contribution in [1.29, 1.82) is 0 Å². The molecule has 11 aromatic rings. The lowest BCUT2D eigenvalue weighted by atomic mass is 9.82. The lowest BCUT2D eigenvalue weighted by Crippen LogP contribution is -2.17. The summed E-state index contributed by atoms with van der Waals surface area (Å²) in [6.07, 6.45) is 0. The summed E-state index contributed by atoms with van der Waals surface area (Å²) in [6, 6.07) is 58.0. The minimum absolute atomic E-state index is 0.174. The molecule has 55 heavy (non-hydrogen) atoms. The molecule has 0 amide bonds. The third kappa shape index (κ3) is 4.17. The van der Waals surface area contributed by atoms with E-state index in [0.29, 0.717) is 0 Å². The second-order valence-corrected chi connectivity index (χ2v) is 15.2. The molecule has 0 unspecified atom stereocenters. The Hall–Kier alpha value is -7.04. The molecule has 0 saturated carbocycles. The number of rotatable bonds is 4. The maximum atomic E-state index is 7.14. The van der Waals surface area contributed by atoms with Crippen molar-refractivity contribution < 1.29 is 13.3 Å². The van der Waals surface area contributed by atoms with Crippen LogP contribution in [0.5, 0.6) is 0 Å². The van der Waals surface area contributed by atoms with Gasteiger partial charge in [-0.05, 0) is 76.9 Å². The quantitative estimate of drug-likeness (QED) is 0.183. The van der Waals surface area contributed by atoms with Gasteiger partial charge in [0.1, 0.15) is 27.9 Å². The van der Waals surface area contributed by atoms with Gasteiger partial charge in [-0.1, -0.05) is 123 Å². The summed E-state index contributed by atoms with van der Waals surface area (Å²) < 4.78 is 20.2. The Kier molecular flexibility index (Phi) is 6.09. The summed E-state index contributed by atoms with van der Waals surface area (Å²) in [5, 5.41) is 6.39. The fraction of sp³-hybridized carbons (Fsp3) is 0.0588. The number of anilines is 3. The lowest BCUT2D eigenvalue weighted by Gasteiger charge is -2.29. The first-order valence-corrected chi connectivity index (χ1v) is 18.8. The molecule has 3 heterocycles. The Bertz CT molecular complexity index is 3360. The molecule has 260 valence electrons. The number of fused-ring (bicyclic) bond motifs is 13. The van der Waals surface area contributed by atoms with Crippen LogP contribution >= 0.6 is 0 Å². The van der Waals surface area contributed by atoms with Crippen LogP contribution in [0.4, 0.5) is 17.1 Å². The van der Waals surface area contributed by atoms with Gasteiger partial charge in [0, 0.05) is 60.2 Å². The van der Waals surface area contributed by atoms with Crippen molar-refractivity contribution in [2.75, 3.05) is 4.90 Å². The summed E-state index contributed by atoms with van der Waals surface area (Å²) in [6.45, 7) is 4.67. The number of furan rings is 3. The highest BCUT2D eigenvalue weighted by Gasteiger charge is 2.36. The molecule has 3 aromatic heterocycles. The Balaban J connectivity index is 1.22. The first-order valence-electron chi connectivity index (χ1n) is 18.8. The van der Waals surface area contributed by atoms with Crippen molar-refractivity contribution in [3.8, 4) is 22.3 Å². The third-order valence-corrected chi connectivity index (χ3v) is 11.9. The topological polar surface area (TPSA) is 42.7 Å². The Morgan fingerprint density at radius 1 is 0.382 bits per heavy atom. The van der Waals surface area contributed by atoms with E-state index in [1.54, 1.807) is 0 Å². The molecule has 0 spiro atoms. The molecule has 0 N–H and O–H groups in total. The van der Waals surface area contributed by atoms with Crippen molar-refractivity contribution in [3.63, 3.8) is 0 Å². The van der Waals surface area contributed by atoms with Crippen molar-refractivity contribution in [2.45, 2.75) is 19.3 Å². The molecule has 4 nitrogen and oxygen atoms in total. The fourth-order valence-corrected chi connectivity index (χ4v) is 9.35. The molecule has 8 aromatic carbocycles. The standard InChI is InChI=1S/C51H33NO3/c1-51(2)40-20-9-6-15-32(40)33-24-23-31(29-41(33)51)52(30-13-4-3-5-14-30)48-35(37-19-12-18-36-34-16-7-10-21-42(34)54-49(36)37)25-26-39-47-45(55-50(39)48)28-27-44-46(47)38-17-8-11-22-43(38)53-44/h3-29H,1-2H3.